The van der Waals surface area contributed by atoms with Crippen LogP contribution in [0.1, 0.15) is 42.3 Å². The van der Waals surface area contributed by atoms with E-state index in [0.29, 0.717) is 17.5 Å². The predicted octanol–water partition coefficient (Wildman–Crippen LogP) is 3.38. The first-order valence-corrected chi connectivity index (χ1v) is 9.01. The Morgan fingerprint density at radius 2 is 2.24 bits per heavy atom. The molecule has 3 N–H and O–H groups in total. The highest BCUT2D eigenvalue weighted by Crippen LogP contribution is 2.37. The van der Waals surface area contributed by atoms with Gasteiger partial charge >= 0.3 is 0 Å². The van der Waals surface area contributed by atoms with Crippen LogP contribution in [-0.2, 0) is 11.2 Å². The van der Waals surface area contributed by atoms with Crippen LogP contribution in [0.2, 0.25) is 0 Å². The molecule has 2 heterocycles. The highest BCUT2D eigenvalue weighted by Gasteiger charge is 2.28. The molecule has 1 fully saturated rings. The van der Waals surface area contributed by atoms with Crippen LogP contribution >= 0.6 is 22.7 Å². The van der Waals surface area contributed by atoms with E-state index in [1.807, 2.05) is 5.38 Å². The first-order valence-electron chi connectivity index (χ1n) is 7.25. The Balaban J connectivity index is 1.67. The maximum Gasteiger partial charge on any atom is 0.226 e. The predicted molar refractivity (Wildman–Crippen MR) is 87.4 cm³/mol. The molecule has 112 valence electrons. The number of anilines is 1. The van der Waals surface area contributed by atoms with E-state index in [4.69, 9.17) is 5.73 Å². The molecule has 1 saturated carbocycles. The lowest BCUT2D eigenvalue weighted by atomic mass is 9.96. The molecule has 1 atom stereocenters. The second kappa shape index (κ2) is 6.58. The zero-order valence-electron chi connectivity index (χ0n) is 11.7. The summed E-state index contributed by atoms with van der Waals surface area (Å²) < 4.78 is 0. The van der Waals surface area contributed by atoms with Gasteiger partial charge in [-0.05, 0) is 30.2 Å². The molecular formula is C15H19N3OS2. The molecule has 2 aromatic heterocycles. The number of nitrogen functional groups attached to an aromatic ring is 1. The molecule has 0 aliphatic heterocycles. The van der Waals surface area contributed by atoms with E-state index in [1.165, 1.54) is 41.9 Å². The summed E-state index contributed by atoms with van der Waals surface area (Å²) in [5.74, 6) is 0.596. The van der Waals surface area contributed by atoms with Crippen LogP contribution in [0, 0.1) is 5.92 Å². The Bertz CT molecular complexity index is 588. The first-order chi connectivity index (χ1) is 10.2. The van der Waals surface area contributed by atoms with Gasteiger partial charge in [-0.1, -0.05) is 18.9 Å². The Kier molecular flexibility index (Phi) is 4.55. The van der Waals surface area contributed by atoms with E-state index in [-0.39, 0.29) is 11.9 Å². The molecule has 0 bridgehead atoms. The first kappa shape index (κ1) is 14.5. The number of thiazole rings is 1. The van der Waals surface area contributed by atoms with Crippen molar-refractivity contribution in [3.8, 4) is 0 Å². The van der Waals surface area contributed by atoms with Crippen molar-refractivity contribution in [1.82, 2.24) is 10.3 Å². The largest absolute Gasteiger partial charge is 0.375 e. The van der Waals surface area contributed by atoms with E-state index < -0.39 is 0 Å². The molecule has 2 aromatic rings. The minimum atomic E-state index is 0.0330. The summed E-state index contributed by atoms with van der Waals surface area (Å²) in [7, 11) is 0. The van der Waals surface area contributed by atoms with Gasteiger partial charge in [-0.3, -0.25) is 4.79 Å². The number of thiophene rings is 1. The van der Waals surface area contributed by atoms with Crippen LogP contribution in [0.5, 0.6) is 0 Å². The van der Waals surface area contributed by atoms with E-state index in [9.17, 15) is 4.79 Å². The topological polar surface area (TPSA) is 68.0 Å². The molecule has 0 aromatic carbocycles. The zero-order chi connectivity index (χ0) is 14.7. The molecule has 4 nitrogen and oxygen atoms in total. The van der Waals surface area contributed by atoms with E-state index in [0.717, 1.165) is 5.69 Å². The Hall–Kier alpha value is -1.40. The van der Waals surface area contributed by atoms with Gasteiger partial charge < -0.3 is 11.1 Å². The molecule has 1 aliphatic rings. The highest BCUT2D eigenvalue weighted by molar-refractivity contribution is 7.13. The van der Waals surface area contributed by atoms with Crippen LogP contribution in [0.25, 0.3) is 0 Å². The Morgan fingerprint density at radius 1 is 1.43 bits per heavy atom. The van der Waals surface area contributed by atoms with Crippen molar-refractivity contribution < 1.29 is 4.79 Å². The van der Waals surface area contributed by atoms with Gasteiger partial charge in [0.15, 0.2) is 5.13 Å². The summed E-state index contributed by atoms with van der Waals surface area (Å²) in [6.45, 7) is 0. The average Bonchev–Trinajstić information content (AvgIpc) is 3.19. The van der Waals surface area contributed by atoms with Crippen LogP contribution in [0.4, 0.5) is 5.13 Å². The van der Waals surface area contributed by atoms with Crippen molar-refractivity contribution in [2.75, 3.05) is 5.73 Å². The monoisotopic (exact) mass is 321 g/mol. The van der Waals surface area contributed by atoms with Crippen molar-refractivity contribution in [2.45, 2.75) is 38.1 Å². The third-order valence-corrected chi connectivity index (χ3v) is 5.63. The molecule has 0 spiro atoms. The number of hydrogen-bond donors (Lipinski definition) is 2. The van der Waals surface area contributed by atoms with Crippen molar-refractivity contribution in [2.24, 2.45) is 5.92 Å². The van der Waals surface area contributed by atoms with Crippen LogP contribution in [0.15, 0.2) is 22.9 Å². The van der Waals surface area contributed by atoms with Gasteiger partial charge in [-0.25, -0.2) is 4.98 Å². The summed E-state index contributed by atoms with van der Waals surface area (Å²) in [6, 6.07) is 4.32. The molecule has 3 rings (SSSR count). The molecule has 1 amide bonds. The van der Waals surface area contributed by atoms with Gasteiger partial charge in [-0.15, -0.1) is 22.7 Å². The molecule has 6 heteroatoms. The SMILES string of the molecule is Nc1nc(CC(=O)NC(c2cccs2)C2CCCC2)cs1. The third kappa shape index (κ3) is 3.63. The maximum atomic E-state index is 12.3. The fraction of sp³-hybridized carbons (Fsp3) is 0.467. The molecule has 21 heavy (non-hydrogen) atoms. The third-order valence-electron chi connectivity index (χ3n) is 3.95. The van der Waals surface area contributed by atoms with Crippen molar-refractivity contribution in [3.63, 3.8) is 0 Å². The number of nitrogens with two attached hydrogens (primary N) is 1. The summed E-state index contributed by atoms with van der Waals surface area (Å²) in [5.41, 5.74) is 6.37. The van der Waals surface area contributed by atoms with Crippen molar-refractivity contribution in [3.05, 3.63) is 33.5 Å². The average molecular weight is 321 g/mol. The molecule has 0 saturated heterocycles. The van der Waals surface area contributed by atoms with Crippen molar-refractivity contribution in [1.29, 1.82) is 0 Å². The number of carbonyl (C=O) groups is 1. The van der Waals surface area contributed by atoms with Gasteiger partial charge in [0.05, 0.1) is 18.2 Å². The molecule has 1 unspecified atom stereocenters. The molecule has 1 aliphatic carbocycles. The van der Waals surface area contributed by atoms with Crippen LogP contribution in [0.3, 0.4) is 0 Å². The molecule has 0 radical (unpaired) electrons. The summed E-state index contributed by atoms with van der Waals surface area (Å²) in [6.07, 6.45) is 5.25. The lowest BCUT2D eigenvalue weighted by molar-refractivity contribution is -0.121. The fourth-order valence-electron chi connectivity index (χ4n) is 2.97. The van der Waals surface area contributed by atoms with Gasteiger partial charge in [0, 0.05) is 10.3 Å². The number of rotatable bonds is 5. The summed E-state index contributed by atoms with van der Waals surface area (Å²) >= 11 is 3.10. The number of carbonyl (C=O) groups excluding carboxylic acids is 1. The second-order valence-corrected chi connectivity index (χ2v) is 7.33. The Morgan fingerprint density at radius 3 is 2.86 bits per heavy atom. The fourth-order valence-corrected chi connectivity index (χ4v) is 4.41. The zero-order valence-corrected chi connectivity index (χ0v) is 13.4. The van der Waals surface area contributed by atoms with E-state index in [2.05, 4.69) is 27.8 Å². The standard InChI is InChI=1S/C15H19N3OS2/c16-15-17-11(9-21-15)8-13(19)18-14(10-4-1-2-5-10)12-6-3-7-20-12/h3,6-7,9-10,14H,1-2,4-5,8H2,(H2,16,17)(H,18,19). The number of nitrogens with one attached hydrogen (secondary N) is 1. The van der Waals surface area contributed by atoms with Crippen LogP contribution in [-0.4, -0.2) is 10.9 Å². The van der Waals surface area contributed by atoms with E-state index in [1.54, 1.807) is 11.3 Å². The maximum absolute atomic E-state index is 12.3. The number of hydrogen-bond acceptors (Lipinski definition) is 5. The highest BCUT2D eigenvalue weighted by atomic mass is 32.1. The minimum absolute atomic E-state index is 0.0330. The Labute approximate surface area is 132 Å². The smallest absolute Gasteiger partial charge is 0.226 e. The second-order valence-electron chi connectivity index (χ2n) is 5.46. The van der Waals surface area contributed by atoms with Gasteiger partial charge in [-0.2, -0.15) is 0 Å². The summed E-state index contributed by atoms with van der Waals surface area (Å²) in [5, 5.41) is 7.66. The lowest BCUT2D eigenvalue weighted by Gasteiger charge is -2.23. The van der Waals surface area contributed by atoms with Crippen LogP contribution < -0.4 is 11.1 Å². The number of nitrogens with zero attached hydrogens (tertiary/aromatic N) is 1. The minimum Gasteiger partial charge on any atom is -0.375 e. The number of amides is 1. The normalized spacial score (nSPS) is 17.0. The lowest BCUT2D eigenvalue weighted by Crippen LogP contribution is -2.33. The van der Waals surface area contributed by atoms with Crippen molar-refractivity contribution >= 4 is 33.7 Å². The van der Waals surface area contributed by atoms with Gasteiger partial charge in [0.1, 0.15) is 0 Å². The quantitative estimate of drug-likeness (QED) is 0.887. The van der Waals surface area contributed by atoms with Gasteiger partial charge in [0.25, 0.3) is 0 Å². The van der Waals surface area contributed by atoms with Gasteiger partial charge in [0.2, 0.25) is 5.91 Å². The van der Waals surface area contributed by atoms with E-state index >= 15 is 0 Å². The number of aromatic nitrogens is 1. The molecular weight excluding hydrogens is 302 g/mol. The summed E-state index contributed by atoms with van der Waals surface area (Å²) in [4.78, 5) is 17.7.